The molecule has 47 heavy (non-hydrogen) atoms. The Morgan fingerprint density at radius 1 is 1.04 bits per heavy atom. The molecule has 3 aliphatic heterocycles. The number of nitrogens with one attached hydrogen (secondary N) is 2. The molecule has 0 bridgehead atoms. The van der Waals surface area contributed by atoms with E-state index in [0.717, 1.165) is 36.7 Å². The van der Waals surface area contributed by atoms with E-state index in [9.17, 15) is 14.4 Å². The summed E-state index contributed by atoms with van der Waals surface area (Å²) in [5.41, 5.74) is -0.0173. The van der Waals surface area contributed by atoms with Gasteiger partial charge in [0.25, 0.3) is 5.91 Å². The average molecular weight is 642 g/mol. The largest absolute Gasteiger partial charge is 0.451 e. The molecule has 246 valence electrons. The summed E-state index contributed by atoms with van der Waals surface area (Å²) in [5.74, 6) is -0.448. The molecular formula is C36H40FN5O5. The molecule has 4 aromatic rings. The molecule has 2 fully saturated rings. The maximum absolute atomic E-state index is 16.2. The van der Waals surface area contributed by atoms with Crippen molar-refractivity contribution in [2.24, 2.45) is 0 Å². The Morgan fingerprint density at radius 2 is 1.79 bits per heavy atom. The minimum Gasteiger partial charge on any atom is -0.451 e. The predicted molar refractivity (Wildman–Crippen MR) is 180 cm³/mol. The van der Waals surface area contributed by atoms with Crippen LogP contribution in [0.1, 0.15) is 56.8 Å². The number of amides is 2. The van der Waals surface area contributed by atoms with Gasteiger partial charge >= 0.3 is 6.09 Å². The summed E-state index contributed by atoms with van der Waals surface area (Å²) in [6.45, 7) is 9.29. The number of benzene rings is 3. The molecule has 0 spiro atoms. The maximum atomic E-state index is 16.2. The number of halogens is 1. The predicted octanol–water partition coefficient (Wildman–Crippen LogP) is 5.71. The van der Waals surface area contributed by atoms with Gasteiger partial charge in [-0.2, -0.15) is 0 Å². The second kappa shape index (κ2) is 12.2. The first-order chi connectivity index (χ1) is 22.6. The normalized spacial score (nSPS) is 17.8. The quantitative estimate of drug-likeness (QED) is 0.245. The highest BCUT2D eigenvalue weighted by Gasteiger charge is 2.34. The van der Waals surface area contributed by atoms with Gasteiger partial charge in [-0.15, -0.1) is 0 Å². The van der Waals surface area contributed by atoms with E-state index in [0.29, 0.717) is 49.6 Å². The Hall–Kier alpha value is -4.64. The fraction of sp³-hybridized carbons (Fsp3) is 0.417. The Kier molecular flexibility index (Phi) is 8.03. The number of pyridine rings is 1. The van der Waals surface area contributed by atoms with E-state index in [4.69, 9.17) is 9.47 Å². The van der Waals surface area contributed by atoms with Crippen molar-refractivity contribution in [3.05, 3.63) is 70.3 Å². The van der Waals surface area contributed by atoms with Crippen LogP contribution in [0.15, 0.2) is 53.5 Å². The molecule has 10 nitrogen and oxygen atoms in total. The fourth-order valence-electron chi connectivity index (χ4n) is 6.91. The molecule has 1 unspecified atom stereocenters. The van der Waals surface area contributed by atoms with Crippen LogP contribution in [-0.4, -0.2) is 72.4 Å². The van der Waals surface area contributed by atoms with E-state index in [2.05, 4.69) is 15.5 Å². The number of rotatable bonds is 6. The van der Waals surface area contributed by atoms with Crippen LogP contribution in [0.3, 0.4) is 0 Å². The van der Waals surface area contributed by atoms with Gasteiger partial charge in [-0.25, -0.2) is 9.18 Å². The molecule has 2 amide bonds. The zero-order valence-corrected chi connectivity index (χ0v) is 27.0. The van der Waals surface area contributed by atoms with Crippen LogP contribution in [0.25, 0.3) is 27.4 Å². The summed E-state index contributed by atoms with van der Waals surface area (Å²) < 4.78 is 29.9. The summed E-state index contributed by atoms with van der Waals surface area (Å²) in [4.78, 5) is 44.0. The van der Waals surface area contributed by atoms with E-state index in [1.54, 1.807) is 31.5 Å². The number of aromatic nitrogens is 1. The Bertz CT molecular complexity index is 1940. The summed E-state index contributed by atoms with van der Waals surface area (Å²) in [6, 6.07) is 12.6. The number of fused-ring (bicyclic) bond motifs is 3. The molecule has 7 rings (SSSR count). The Morgan fingerprint density at radius 3 is 2.53 bits per heavy atom. The van der Waals surface area contributed by atoms with Crippen molar-refractivity contribution < 1.29 is 23.5 Å². The lowest BCUT2D eigenvalue weighted by atomic mass is 10.0. The molecule has 2 N–H and O–H groups in total. The lowest BCUT2D eigenvalue weighted by Crippen LogP contribution is -2.40. The van der Waals surface area contributed by atoms with Crippen LogP contribution in [0.4, 0.5) is 14.9 Å². The third-order valence-corrected chi connectivity index (χ3v) is 9.10. The first-order valence-corrected chi connectivity index (χ1v) is 16.4. The van der Waals surface area contributed by atoms with Crippen molar-refractivity contribution >= 4 is 39.4 Å². The van der Waals surface area contributed by atoms with Gasteiger partial charge in [0.2, 0.25) is 5.43 Å². The van der Waals surface area contributed by atoms with E-state index >= 15 is 4.39 Å². The van der Waals surface area contributed by atoms with Crippen LogP contribution in [-0.2, 0) is 4.74 Å². The smallest absolute Gasteiger partial charge is 0.407 e. The van der Waals surface area contributed by atoms with E-state index < -0.39 is 28.8 Å². The van der Waals surface area contributed by atoms with Crippen LogP contribution < -0.4 is 25.7 Å². The van der Waals surface area contributed by atoms with E-state index in [-0.39, 0.29) is 28.4 Å². The fourth-order valence-corrected chi connectivity index (χ4v) is 6.91. The van der Waals surface area contributed by atoms with Crippen molar-refractivity contribution in [2.75, 3.05) is 44.2 Å². The Labute approximate surface area is 272 Å². The van der Waals surface area contributed by atoms with Gasteiger partial charge in [-0.3, -0.25) is 9.59 Å². The summed E-state index contributed by atoms with van der Waals surface area (Å²) in [6.07, 6.45) is 5.11. The molecule has 1 aromatic heterocycles. The van der Waals surface area contributed by atoms with E-state index in [1.165, 1.54) is 12.5 Å². The molecule has 0 saturated carbocycles. The molecule has 3 aliphatic rings. The van der Waals surface area contributed by atoms with Crippen molar-refractivity contribution in [3.8, 4) is 17.2 Å². The number of carbonyl (C=O) groups is 2. The molecule has 11 heteroatoms. The number of likely N-dealkylation sites (tertiary alicyclic amines) is 1. The highest BCUT2D eigenvalue weighted by atomic mass is 19.1. The summed E-state index contributed by atoms with van der Waals surface area (Å²) >= 11 is 0. The van der Waals surface area contributed by atoms with Crippen LogP contribution in [0.5, 0.6) is 11.5 Å². The third kappa shape index (κ3) is 6.12. The summed E-state index contributed by atoms with van der Waals surface area (Å²) in [7, 11) is 0. The average Bonchev–Trinajstić information content (AvgIpc) is 3.48. The molecule has 3 aromatic carbocycles. The highest BCUT2D eigenvalue weighted by Crippen LogP contribution is 2.48. The lowest BCUT2D eigenvalue weighted by Gasteiger charge is -2.29. The van der Waals surface area contributed by atoms with Gasteiger partial charge in [-0.05, 0) is 82.1 Å². The lowest BCUT2D eigenvalue weighted by molar-refractivity contribution is 0.0508. The van der Waals surface area contributed by atoms with Crippen LogP contribution in [0, 0.1) is 5.82 Å². The van der Waals surface area contributed by atoms with Crippen molar-refractivity contribution in [1.82, 2.24) is 20.1 Å². The van der Waals surface area contributed by atoms with Crippen molar-refractivity contribution in [1.29, 1.82) is 0 Å². The van der Waals surface area contributed by atoms with Crippen LogP contribution >= 0.6 is 0 Å². The maximum Gasteiger partial charge on any atom is 0.407 e. The monoisotopic (exact) mass is 641 g/mol. The number of hydrogen-bond acceptors (Lipinski definition) is 7. The third-order valence-electron chi connectivity index (χ3n) is 9.10. The number of hydrogen-bond donors (Lipinski definition) is 2. The summed E-state index contributed by atoms with van der Waals surface area (Å²) in [5, 5.41) is 7.76. The van der Waals surface area contributed by atoms with Gasteiger partial charge in [0.15, 0.2) is 17.3 Å². The van der Waals surface area contributed by atoms with Gasteiger partial charge < -0.3 is 34.5 Å². The molecule has 4 heterocycles. The van der Waals surface area contributed by atoms with Gasteiger partial charge in [-0.1, -0.05) is 30.7 Å². The topological polar surface area (TPSA) is 105 Å². The Balaban J connectivity index is 1.28. The molecule has 2 saturated heterocycles. The van der Waals surface area contributed by atoms with Gasteiger partial charge in [0, 0.05) is 32.4 Å². The first-order valence-electron chi connectivity index (χ1n) is 16.4. The molecule has 0 aliphatic carbocycles. The highest BCUT2D eigenvalue weighted by molar-refractivity contribution is 6.02. The number of anilines is 1. The number of ether oxygens (including phenoxy) is 2. The number of alkyl carbamates (subject to hydrolysis) is 1. The van der Waals surface area contributed by atoms with Gasteiger partial charge in [0.05, 0.1) is 17.1 Å². The number of piperidine rings is 1. The molecule has 0 radical (unpaired) electrons. The standard InChI is InChI=1S/C36H40FN5O5/c1-36(2,3)47-35(45)39-24-11-15-41(20-24)31-27(37)19-25-30-33(31)46-29-18-23-10-6-5-9-22(23)17-28(29)42(30)21-26(32(25)43)34(44)38-12-16-40-13-7-4-8-14-40/h5-6,9-10,17-19,21,24H,4,7-8,11-16,20H2,1-3H3,(H,38,44)(H,39,45). The first kappa shape index (κ1) is 31.0. The van der Waals surface area contributed by atoms with Crippen molar-refractivity contribution in [2.45, 2.75) is 58.1 Å². The minimum atomic E-state index is -0.644. The van der Waals surface area contributed by atoms with Crippen LogP contribution in [0.2, 0.25) is 0 Å². The van der Waals surface area contributed by atoms with Crippen molar-refractivity contribution in [3.63, 3.8) is 0 Å². The minimum absolute atomic E-state index is 0.0574. The number of nitrogens with zero attached hydrogens (tertiary/aromatic N) is 3. The zero-order chi connectivity index (χ0) is 32.9. The molecular weight excluding hydrogens is 601 g/mol. The SMILES string of the molecule is CC(C)(C)OC(=O)NC1CCN(c2c(F)cc3c(=O)c(C(=O)NCCN4CCCCC4)cn4c3c2Oc2cc3ccccc3cc2-4)C1. The molecule has 1 atom stereocenters. The second-order valence-electron chi connectivity index (χ2n) is 13.7. The second-order valence-corrected chi connectivity index (χ2v) is 13.7. The van der Waals surface area contributed by atoms with E-state index in [1.807, 2.05) is 41.3 Å². The zero-order valence-electron chi connectivity index (χ0n) is 27.0. The number of carbonyl (C=O) groups excluding carboxylic acids is 2. The van der Waals surface area contributed by atoms with Gasteiger partial charge in [0.1, 0.15) is 22.4 Å².